The molecule has 3 rings (SSSR count). The van der Waals surface area contributed by atoms with Crippen molar-refractivity contribution in [3.63, 3.8) is 0 Å². The first-order chi connectivity index (χ1) is 16.7. The van der Waals surface area contributed by atoms with E-state index in [1.54, 1.807) is 37.3 Å². The van der Waals surface area contributed by atoms with Gasteiger partial charge in [0.15, 0.2) is 5.96 Å². The van der Waals surface area contributed by atoms with Crippen LogP contribution in [-0.2, 0) is 4.79 Å². The van der Waals surface area contributed by atoms with Gasteiger partial charge in [0.05, 0.1) is 24.5 Å². The number of nitrogens with zero attached hydrogens (tertiary/aromatic N) is 2. The third kappa shape index (κ3) is 6.54. The van der Waals surface area contributed by atoms with Gasteiger partial charge in [0.1, 0.15) is 10.6 Å². The van der Waals surface area contributed by atoms with Gasteiger partial charge < -0.3 is 36.7 Å². The molecule has 1 unspecified atom stereocenters. The average molecular weight is 496 g/mol. The van der Waals surface area contributed by atoms with Crippen LogP contribution in [0, 0.1) is 6.92 Å². The number of guanidine groups is 1. The van der Waals surface area contributed by atoms with Crippen molar-refractivity contribution >= 4 is 45.9 Å². The van der Waals surface area contributed by atoms with Crippen molar-refractivity contribution < 1.29 is 24.2 Å². The second kappa shape index (κ2) is 11.1. The number of aryl methyl sites for hydroxylation is 1. The van der Waals surface area contributed by atoms with Crippen LogP contribution in [0.1, 0.15) is 43.7 Å². The minimum atomic E-state index is -1.30. The van der Waals surface area contributed by atoms with Crippen LogP contribution in [0.3, 0.4) is 0 Å². The third-order valence-electron chi connectivity index (χ3n) is 4.80. The number of thiazole rings is 1. The Kier molecular flexibility index (Phi) is 8.00. The van der Waals surface area contributed by atoms with E-state index in [1.807, 2.05) is 0 Å². The van der Waals surface area contributed by atoms with Crippen LogP contribution >= 0.6 is 11.3 Å². The van der Waals surface area contributed by atoms with E-state index in [4.69, 9.17) is 16.2 Å². The van der Waals surface area contributed by atoms with Gasteiger partial charge in [-0.15, -0.1) is 0 Å². The maximum Gasteiger partial charge on any atom is 0.267 e. The molecule has 0 aliphatic carbocycles. The summed E-state index contributed by atoms with van der Waals surface area (Å²) in [6.07, 6.45) is -0.404. The lowest BCUT2D eigenvalue weighted by molar-refractivity contribution is -0.306. The number of methoxy groups -OCH3 is 1. The summed E-state index contributed by atoms with van der Waals surface area (Å²) in [6, 6.07) is 12.3. The Balaban J connectivity index is 1.84. The molecule has 2 amide bonds. The van der Waals surface area contributed by atoms with Gasteiger partial charge in [-0.3, -0.25) is 9.59 Å². The number of aromatic nitrogens is 1. The minimum Gasteiger partial charge on any atom is -0.550 e. The van der Waals surface area contributed by atoms with Crippen LogP contribution in [0.4, 0.5) is 10.8 Å². The van der Waals surface area contributed by atoms with Crippen molar-refractivity contribution in [1.82, 2.24) is 10.3 Å². The lowest BCUT2D eigenvalue weighted by atomic mass is 10.0. The predicted octanol–water partition coefficient (Wildman–Crippen LogP) is 1.23. The molecule has 1 aromatic heterocycles. The number of amides is 2. The maximum atomic E-state index is 13.0. The van der Waals surface area contributed by atoms with Crippen molar-refractivity contribution in [3.05, 3.63) is 70.2 Å². The standard InChI is InChI=1S/C23H24N6O5S/c1-12-19(35-23(26-12)29-22(24)25)21(33)28-16-10-14(8-9-17(16)34-2)20(32)27-15(11-18(30)31)13-6-4-3-5-7-13/h3-10,15H,11H2,1-2H3,(H,27,32)(H,28,33)(H,30,31)(H4,24,25,26,29)/p-1. The number of hydrogen-bond acceptors (Lipinski definition) is 8. The molecule has 0 aliphatic rings. The summed E-state index contributed by atoms with van der Waals surface area (Å²) in [5, 5.41) is 16.9. The van der Waals surface area contributed by atoms with E-state index in [2.05, 4.69) is 20.6 Å². The Morgan fingerprint density at radius 1 is 1.14 bits per heavy atom. The largest absolute Gasteiger partial charge is 0.550 e. The fraction of sp³-hybridized carbons (Fsp3) is 0.174. The number of carbonyl (C=O) groups is 3. The smallest absolute Gasteiger partial charge is 0.267 e. The quantitative estimate of drug-likeness (QED) is 0.252. The van der Waals surface area contributed by atoms with Crippen molar-refractivity contribution in [2.45, 2.75) is 19.4 Å². The Bertz CT molecular complexity index is 1270. The monoisotopic (exact) mass is 495 g/mol. The number of nitrogens with two attached hydrogens (primary N) is 2. The summed E-state index contributed by atoms with van der Waals surface area (Å²) in [4.78, 5) is 45.3. The minimum absolute atomic E-state index is 0.182. The van der Waals surface area contributed by atoms with E-state index in [1.165, 1.54) is 25.3 Å². The molecule has 35 heavy (non-hydrogen) atoms. The number of anilines is 1. The van der Waals surface area contributed by atoms with E-state index >= 15 is 0 Å². The second-order valence-electron chi connectivity index (χ2n) is 7.33. The first-order valence-electron chi connectivity index (χ1n) is 10.3. The lowest BCUT2D eigenvalue weighted by Gasteiger charge is -2.20. The van der Waals surface area contributed by atoms with Crippen molar-refractivity contribution in [3.8, 4) is 5.75 Å². The van der Waals surface area contributed by atoms with Crippen LogP contribution in [0.2, 0.25) is 0 Å². The number of aliphatic carboxylic acids is 1. The zero-order valence-electron chi connectivity index (χ0n) is 18.9. The third-order valence-corrected chi connectivity index (χ3v) is 5.85. The van der Waals surface area contributed by atoms with Gasteiger partial charge in [-0.2, -0.15) is 4.99 Å². The number of rotatable bonds is 9. The normalized spacial score (nSPS) is 11.3. The molecule has 1 atom stereocenters. The average Bonchev–Trinajstić information content (AvgIpc) is 3.18. The number of carboxylic acid groups (broad SMARTS) is 1. The molecule has 0 bridgehead atoms. The van der Waals surface area contributed by atoms with Gasteiger partial charge in [-0.05, 0) is 30.7 Å². The Labute approximate surface area is 204 Å². The highest BCUT2D eigenvalue weighted by molar-refractivity contribution is 7.17. The van der Waals surface area contributed by atoms with Gasteiger partial charge in [0.2, 0.25) is 5.13 Å². The Morgan fingerprint density at radius 3 is 2.49 bits per heavy atom. The number of ether oxygens (including phenoxy) is 1. The molecule has 0 radical (unpaired) electrons. The van der Waals surface area contributed by atoms with Gasteiger partial charge in [-0.25, -0.2) is 4.98 Å². The number of hydrogen-bond donors (Lipinski definition) is 4. The lowest BCUT2D eigenvalue weighted by Crippen LogP contribution is -2.34. The molecule has 1 heterocycles. The zero-order chi connectivity index (χ0) is 25.5. The SMILES string of the molecule is COc1ccc(C(=O)NC(CC(=O)[O-])c2ccccc2)cc1NC(=O)c1sc(N=C(N)N)nc1C. The number of carboxylic acids is 1. The topological polar surface area (TPSA) is 185 Å². The fourth-order valence-corrected chi connectivity index (χ4v) is 4.08. The number of aliphatic imine (C=N–C) groups is 1. The molecule has 0 spiro atoms. The highest BCUT2D eigenvalue weighted by Crippen LogP contribution is 2.30. The highest BCUT2D eigenvalue weighted by Gasteiger charge is 2.20. The van der Waals surface area contributed by atoms with Crippen LogP contribution in [0.15, 0.2) is 53.5 Å². The van der Waals surface area contributed by atoms with Gasteiger partial charge in [0.25, 0.3) is 11.8 Å². The van der Waals surface area contributed by atoms with E-state index < -0.39 is 30.2 Å². The first-order valence-corrected chi connectivity index (χ1v) is 11.1. The van der Waals surface area contributed by atoms with E-state index in [9.17, 15) is 19.5 Å². The Hall–Kier alpha value is -4.45. The van der Waals surface area contributed by atoms with Crippen molar-refractivity contribution in [2.24, 2.45) is 16.5 Å². The van der Waals surface area contributed by atoms with Crippen LogP contribution in [0.25, 0.3) is 0 Å². The molecule has 0 saturated carbocycles. The summed E-state index contributed by atoms with van der Waals surface area (Å²) in [6.45, 7) is 1.64. The number of nitrogens with one attached hydrogen (secondary N) is 2. The molecule has 2 aromatic carbocycles. The van der Waals surface area contributed by atoms with Gasteiger partial charge in [0, 0.05) is 18.0 Å². The number of benzene rings is 2. The summed E-state index contributed by atoms with van der Waals surface area (Å²) < 4.78 is 5.31. The van der Waals surface area contributed by atoms with E-state index in [0.29, 0.717) is 17.0 Å². The summed E-state index contributed by atoms with van der Waals surface area (Å²) >= 11 is 0.999. The zero-order valence-corrected chi connectivity index (χ0v) is 19.7. The number of carbonyl (C=O) groups excluding carboxylic acids is 3. The molecular weight excluding hydrogens is 472 g/mol. The van der Waals surface area contributed by atoms with Gasteiger partial charge >= 0.3 is 0 Å². The van der Waals surface area contributed by atoms with Crippen LogP contribution in [0.5, 0.6) is 5.75 Å². The van der Waals surface area contributed by atoms with E-state index in [-0.39, 0.29) is 27.2 Å². The van der Waals surface area contributed by atoms with Crippen molar-refractivity contribution in [2.75, 3.05) is 12.4 Å². The fourth-order valence-electron chi connectivity index (χ4n) is 3.22. The Morgan fingerprint density at radius 2 is 1.86 bits per heavy atom. The summed E-state index contributed by atoms with van der Waals surface area (Å²) in [5.41, 5.74) is 12.2. The summed E-state index contributed by atoms with van der Waals surface area (Å²) in [7, 11) is 1.42. The summed E-state index contributed by atoms with van der Waals surface area (Å²) in [5.74, 6) is -2.20. The maximum absolute atomic E-state index is 13.0. The molecule has 12 heteroatoms. The molecule has 0 aliphatic heterocycles. The molecule has 11 nitrogen and oxygen atoms in total. The molecule has 3 aromatic rings. The van der Waals surface area contributed by atoms with Gasteiger partial charge in [-0.1, -0.05) is 41.7 Å². The predicted molar refractivity (Wildman–Crippen MR) is 130 cm³/mol. The second-order valence-corrected chi connectivity index (χ2v) is 8.31. The van der Waals surface area contributed by atoms with Crippen LogP contribution in [-0.4, -0.2) is 35.8 Å². The van der Waals surface area contributed by atoms with Crippen LogP contribution < -0.4 is 31.9 Å². The molecule has 6 N–H and O–H groups in total. The van der Waals surface area contributed by atoms with Crippen molar-refractivity contribution in [1.29, 1.82) is 0 Å². The molecule has 0 fully saturated rings. The molecular formula is C23H23N6O5S-. The van der Waals surface area contributed by atoms with E-state index in [0.717, 1.165) is 11.3 Å². The molecule has 182 valence electrons. The first kappa shape index (κ1) is 25.2. The highest BCUT2D eigenvalue weighted by atomic mass is 32.1. The molecule has 0 saturated heterocycles.